The van der Waals surface area contributed by atoms with Gasteiger partial charge >= 0.3 is 1.43 Å². The first-order chi connectivity index (χ1) is 9.78. The summed E-state index contributed by atoms with van der Waals surface area (Å²) in [6, 6.07) is 0.139. The van der Waals surface area contributed by atoms with Crippen molar-refractivity contribution in [3.8, 4) is 0 Å². The van der Waals surface area contributed by atoms with Crippen molar-refractivity contribution in [2.24, 2.45) is 16.8 Å². The summed E-state index contributed by atoms with van der Waals surface area (Å²) in [5.74, 6) is 6.40. The molecule has 8 nitrogen and oxygen atoms in total. The van der Waals surface area contributed by atoms with E-state index in [1.807, 2.05) is 0 Å². The Morgan fingerprint density at radius 1 is 1.52 bits per heavy atom. The lowest BCUT2D eigenvalue weighted by Gasteiger charge is -2.00. The molecule has 1 aliphatic rings. The fourth-order valence-corrected chi connectivity index (χ4v) is 1.68. The van der Waals surface area contributed by atoms with Crippen molar-refractivity contribution in [3.63, 3.8) is 0 Å². The lowest BCUT2D eigenvalue weighted by molar-refractivity contribution is -0.118. The van der Waals surface area contributed by atoms with E-state index in [4.69, 9.17) is 5.73 Å². The third kappa shape index (κ3) is 24.7. The van der Waals surface area contributed by atoms with Crippen LogP contribution in [0.25, 0.3) is 0 Å². The normalized spacial score (nSPS) is 16.6. The number of hydrogen-bond acceptors (Lipinski definition) is 10. The first kappa shape index (κ1) is 25.3. The van der Waals surface area contributed by atoms with E-state index in [1.54, 1.807) is 18.7 Å². The molecule has 10 heteroatoms. The van der Waals surface area contributed by atoms with Gasteiger partial charge in [-0.3, -0.25) is 14.9 Å². The summed E-state index contributed by atoms with van der Waals surface area (Å²) in [4.78, 5) is 28.3. The number of rotatable bonds is 3. The zero-order valence-electron chi connectivity index (χ0n) is 13.9. The maximum atomic E-state index is 10.6. The molecule has 0 aliphatic carbocycles. The monoisotopic (exact) mass is 343 g/mol. The first-order valence-corrected chi connectivity index (χ1v) is 7.43. The molecule has 0 aromatic carbocycles. The van der Waals surface area contributed by atoms with Crippen LogP contribution in [0.1, 0.15) is 15.3 Å². The fraction of sp³-hybridized carbons (Fsp3) is 0.727. The number of nitrogens with zero attached hydrogens (tertiary/aromatic N) is 1. The summed E-state index contributed by atoms with van der Waals surface area (Å²) >= 11 is 5.40. The summed E-state index contributed by atoms with van der Waals surface area (Å²) in [5.41, 5.74) is 4.95. The average molecular weight is 343 g/mol. The van der Waals surface area contributed by atoms with Gasteiger partial charge in [-0.2, -0.15) is 12.6 Å². The Morgan fingerprint density at radius 3 is 2.00 bits per heavy atom. The Balaban J connectivity index is -0.000000104. The highest BCUT2D eigenvalue weighted by molar-refractivity contribution is 7.99. The van der Waals surface area contributed by atoms with Crippen LogP contribution in [0.2, 0.25) is 0 Å². The van der Waals surface area contributed by atoms with E-state index in [-0.39, 0.29) is 19.0 Å². The van der Waals surface area contributed by atoms with Gasteiger partial charge in [-0.15, -0.1) is 16.9 Å². The van der Waals surface area contributed by atoms with Crippen molar-refractivity contribution in [1.82, 2.24) is 5.32 Å². The zero-order chi connectivity index (χ0) is 17.3. The van der Waals surface area contributed by atoms with Gasteiger partial charge in [0.25, 0.3) is 0 Å². The van der Waals surface area contributed by atoms with E-state index in [1.165, 1.54) is 21.1 Å². The number of Topliss-reactive ketones (excluding diaryl/α,β-unsaturated/α-hetero) is 2. The third-order valence-corrected chi connectivity index (χ3v) is 3.06. The number of carbonyl (C=O) groups excluding carboxylic acids is 2. The Bertz CT molecular complexity index is 281. The Morgan fingerprint density at radius 2 is 1.90 bits per heavy atom. The predicted molar refractivity (Wildman–Crippen MR) is 91.4 cm³/mol. The quantitative estimate of drug-likeness (QED) is 0.242. The van der Waals surface area contributed by atoms with Gasteiger partial charge in [0.1, 0.15) is 18.3 Å². The van der Waals surface area contributed by atoms with Gasteiger partial charge in [-0.25, -0.2) is 5.90 Å². The van der Waals surface area contributed by atoms with Gasteiger partial charge in [-0.05, 0) is 13.8 Å². The summed E-state index contributed by atoms with van der Waals surface area (Å²) in [6.07, 6.45) is 0. The fourth-order valence-electron chi connectivity index (χ4n) is 0.656. The topological polar surface area (TPSA) is 129 Å². The van der Waals surface area contributed by atoms with Gasteiger partial charge in [0.2, 0.25) is 0 Å². The van der Waals surface area contributed by atoms with Crippen LogP contribution in [0.3, 0.4) is 0 Å². The number of thiol groups is 1. The van der Waals surface area contributed by atoms with Gasteiger partial charge in [-0.1, -0.05) is 0 Å². The first-order valence-electron chi connectivity index (χ1n) is 5.76. The molecule has 2 atom stereocenters. The zero-order valence-corrected chi connectivity index (χ0v) is 14.6. The molecule has 1 aliphatic heterocycles. The second kappa shape index (κ2) is 19.4. The van der Waals surface area contributed by atoms with E-state index in [0.717, 1.165) is 11.6 Å². The molecule has 0 spiro atoms. The van der Waals surface area contributed by atoms with Crippen molar-refractivity contribution in [2.45, 2.75) is 25.3 Å². The highest BCUT2D eigenvalue weighted by Crippen LogP contribution is 2.09. The second-order valence-electron chi connectivity index (χ2n) is 3.49. The maximum absolute atomic E-state index is 10.6. The van der Waals surface area contributed by atoms with Gasteiger partial charge in [0.15, 0.2) is 5.78 Å². The number of oxime groups is 1. The predicted octanol–water partition coefficient (Wildman–Crippen LogP) is -0.105. The lowest BCUT2D eigenvalue weighted by Crippen LogP contribution is -2.30. The Labute approximate surface area is 137 Å². The summed E-state index contributed by atoms with van der Waals surface area (Å²) in [7, 11) is 2.85. The molecule has 0 radical (unpaired) electrons. The summed E-state index contributed by atoms with van der Waals surface area (Å²) < 4.78 is 0. The van der Waals surface area contributed by atoms with Crippen molar-refractivity contribution < 1.29 is 20.7 Å². The van der Waals surface area contributed by atoms with Crippen molar-refractivity contribution in [3.05, 3.63) is 0 Å². The van der Waals surface area contributed by atoms with Crippen LogP contribution in [-0.4, -0.2) is 55.5 Å². The molecule has 126 valence electrons. The van der Waals surface area contributed by atoms with Gasteiger partial charge < -0.3 is 15.4 Å². The van der Waals surface area contributed by atoms with E-state index >= 15 is 0 Å². The molecule has 1 rings (SSSR count). The molecule has 1 heterocycles. The van der Waals surface area contributed by atoms with Crippen LogP contribution in [0.4, 0.5) is 0 Å². The molecule has 0 aromatic rings. The standard InChI is InChI=1S/C5H9NOS.C3H7NOS.C2H5NO.CH5NO/c1-4(7)5-2-8-3-6-5;1-2(5)3(4)6;1-3-4-2;1-3-2/h5-6H,2-3H2,1H3;3,6H,4H2,1H3;1H2,2H3;2H2,1H3/p+1. The van der Waals surface area contributed by atoms with Crippen LogP contribution in [0, 0.1) is 0 Å². The second-order valence-corrected chi connectivity index (χ2v) is 5.07. The molecular weight excluding hydrogens is 316 g/mol. The molecule has 2 unspecified atom stereocenters. The number of hydrogen-bond donors (Lipinski definition) is 4. The van der Waals surface area contributed by atoms with E-state index in [2.05, 4.69) is 45.4 Å². The minimum absolute atomic E-state index is 0. The number of nitrogens with two attached hydrogens (primary N) is 2. The minimum atomic E-state index is -0.593. The Kier molecular flexibility index (Phi) is 23.3. The molecule has 1 saturated heterocycles. The number of thioether (sulfide) groups is 1. The van der Waals surface area contributed by atoms with Crippen LogP contribution in [-0.2, 0) is 19.3 Å². The van der Waals surface area contributed by atoms with Crippen molar-refractivity contribution >= 4 is 42.7 Å². The van der Waals surface area contributed by atoms with Crippen LogP contribution < -0.4 is 16.9 Å². The van der Waals surface area contributed by atoms with Crippen LogP contribution >= 0.6 is 24.4 Å². The molecule has 0 saturated carbocycles. The maximum Gasteiger partial charge on any atom is 1.00 e. The summed E-state index contributed by atoms with van der Waals surface area (Å²) in [5, 5.41) is 5.46. The van der Waals surface area contributed by atoms with E-state index in [0.29, 0.717) is 0 Å². The Hall–Kier alpha value is -0.650. The molecule has 0 aromatic heterocycles. The lowest BCUT2D eigenvalue weighted by atomic mass is 10.2. The van der Waals surface area contributed by atoms with Crippen molar-refractivity contribution in [2.75, 3.05) is 25.8 Å². The highest BCUT2D eigenvalue weighted by atomic mass is 32.2. The number of nitrogens with one attached hydrogen (secondary N) is 1. The smallest absolute Gasteiger partial charge is 0.400 e. The van der Waals surface area contributed by atoms with E-state index < -0.39 is 5.37 Å². The van der Waals surface area contributed by atoms with E-state index in [9.17, 15) is 9.59 Å². The van der Waals surface area contributed by atoms with Crippen LogP contribution in [0.5, 0.6) is 0 Å². The molecule has 21 heavy (non-hydrogen) atoms. The highest BCUT2D eigenvalue weighted by Gasteiger charge is 2.17. The molecule has 1 fully saturated rings. The van der Waals surface area contributed by atoms with Gasteiger partial charge in [0, 0.05) is 18.3 Å². The average Bonchev–Trinajstić information content (AvgIpc) is 2.94. The van der Waals surface area contributed by atoms with Crippen molar-refractivity contribution in [1.29, 1.82) is 0 Å². The SMILES string of the molecule is C=NOC.CC(=O)C(N)S.CC(=O)C1CSCN1.CON.[H+]. The molecule has 0 bridgehead atoms. The minimum Gasteiger partial charge on any atom is -0.400 e. The number of carbonyl (C=O) groups is 2. The largest absolute Gasteiger partial charge is 1.00 e. The van der Waals surface area contributed by atoms with Crippen LogP contribution in [0.15, 0.2) is 5.16 Å². The van der Waals surface area contributed by atoms with Gasteiger partial charge in [0.05, 0.1) is 13.2 Å². The molecule has 0 amide bonds. The number of ketones is 2. The third-order valence-electron chi connectivity index (χ3n) is 1.75. The molecular formula is C11H27N4O4S2+. The summed E-state index contributed by atoms with van der Waals surface area (Å²) in [6.45, 7) is 6.04. The molecule has 5 N–H and O–H groups in total.